The molecule has 0 heterocycles. The molecule has 0 saturated carbocycles. The number of carbonyl (C=O) groups excluding carboxylic acids is 2. The van der Waals surface area contributed by atoms with Crippen LogP contribution in [-0.2, 0) is 11.2 Å². The predicted octanol–water partition coefficient (Wildman–Crippen LogP) is 3.37. The smallest absolute Gasteiger partial charge is 0.198 e. The number of hydrogen-bond acceptors (Lipinski definition) is 4. The van der Waals surface area contributed by atoms with Crippen LogP contribution in [0.5, 0.6) is 11.5 Å². The van der Waals surface area contributed by atoms with Crippen LogP contribution in [0.3, 0.4) is 0 Å². The van der Waals surface area contributed by atoms with Gasteiger partial charge in [0.05, 0.1) is 12.2 Å². The van der Waals surface area contributed by atoms with Crippen LogP contribution in [0.2, 0.25) is 0 Å². The lowest BCUT2D eigenvalue weighted by molar-refractivity contribution is 0.101. The number of rotatable bonds is 10. The summed E-state index contributed by atoms with van der Waals surface area (Å²) >= 11 is 0. The van der Waals surface area contributed by atoms with E-state index in [0.717, 1.165) is 24.8 Å². The fourth-order valence-corrected chi connectivity index (χ4v) is 2.00. The topological polar surface area (TPSA) is 63.6 Å². The molecular formula is C17H21O4. The first-order valence-electron chi connectivity index (χ1n) is 7.05. The van der Waals surface area contributed by atoms with Crippen LogP contribution in [0.25, 0.3) is 0 Å². The van der Waals surface area contributed by atoms with Gasteiger partial charge in [0.15, 0.2) is 12.1 Å². The predicted molar refractivity (Wildman–Crippen MR) is 81.7 cm³/mol. The van der Waals surface area contributed by atoms with Crippen molar-refractivity contribution in [2.45, 2.75) is 39.0 Å². The first kappa shape index (κ1) is 17.0. The summed E-state index contributed by atoms with van der Waals surface area (Å²) in [7, 11) is 0. The standard InChI is InChI=1S/C17H21O4/c1-3-8-14-11-15(13(2)19)16(20)12-17(14)21-10-7-5-4-6-9-18/h3,11-12,20H,1,4-8,10H2,2H3. The molecule has 0 aromatic heterocycles. The Balaban J connectivity index is 2.71. The van der Waals surface area contributed by atoms with Gasteiger partial charge in [0.25, 0.3) is 0 Å². The van der Waals surface area contributed by atoms with E-state index in [-0.39, 0.29) is 11.5 Å². The summed E-state index contributed by atoms with van der Waals surface area (Å²) in [5.41, 5.74) is 1.12. The molecule has 0 saturated heterocycles. The van der Waals surface area contributed by atoms with Crippen LogP contribution < -0.4 is 4.74 Å². The molecule has 0 aliphatic heterocycles. The van der Waals surface area contributed by atoms with E-state index in [1.807, 2.05) is 6.29 Å². The number of benzene rings is 1. The Labute approximate surface area is 125 Å². The fourth-order valence-electron chi connectivity index (χ4n) is 2.00. The number of unbranched alkanes of at least 4 members (excludes halogenated alkanes) is 3. The Morgan fingerprint density at radius 3 is 2.76 bits per heavy atom. The second kappa shape index (κ2) is 8.95. The van der Waals surface area contributed by atoms with E-state index < -0.39 is 0 Å². The second-order valence-electron chi connectivity index (χ2n) is 4.83. The highest BCUT2D eigenvalue weighted by molar-refractivity contribution is 5.97. The van der Waals surface area contributed by atoms with Crippen molar-refractivity contribution < 1.29 is 19.4 Å². The van der Waals surface area contributed by atoms with E-state index in [0.29, 0.717) is 30.8 Å². The molecule has 0 bridgehead atoms. The zero-order chi connectivity index (χ0) is 15.7. The van der Waals surface area contributed by atoms with Gasteiger partial charge >= 0.3 is 0 Å². The molecule has 1 aromatic carbocycles. The molecule has 0 aliphatic carbocycles. The molecule has 21 heavy (non-hydrogen) atoms. The molecular weight excluding hydrogens is 268 g/mol. The zero-order valence-electron chi connectivity index (χ0n) is 12.4. The van der Waals surface area contributed by atoms with Crippen molar-refractivity contribution in [1.82, 2.24) is 0 Å². The number of aromatic hydroxyl groups is 1. The van der Waals surface area contributed by atoms with Crippen molar-refractivity contribution in [3.8, 4) is 11.5 Å². The molecule has 0 aliphatic rings. The van der Waals surface area contributed by atoms with Gasteiger partial charge in [0, 0.05) is 12.5 Å². The number of ketones is 1. The van der Waals surface area contributed by atoms with E-state index >= 15 is 0 Å². The van der Waals surface area contributed by atoms with Gasteiger partial charge in [0.2, 0.25) is 0 Å². The molecule has 0 fully saturated rings. The van der Waals surface area contributed by atoms with Crippen molar-refractivity contribution in [2.75, 3.05) is 6.61 Å². The van der Waals surface area contributed by atoms with Crippen LogP contribution in [0.4, 0.5) is 0 Å². The average Bonchev–Trinajstić information content (AvgIpc) is 2.44. The van der Waals surface area contributed by atoms with Crippen LogP contribution in [0.15, 0.2) is 24.8 Å². The number of phenolic OH excluding ortho intramolecular Hbond substituents is 1. The lowest BCUT2D eigenvalue weighted by Gasteiger charge is -2.13. The van der Waals surface area contributed by atoms with Gasteiger partial charge in [-0.15, -0.1) is 6.58 Å². The summed E-state index contributed by atoms with van der Waals surface area (Å²) in [5.74, 6) is 0.315. The summed E-state index contributed by atoms with van der Waals surface area (Å²) in [4.78, 5) is 21.5. The molecule has 0 unspecified atom stereocenters. The molecule has 113 valence electrons. The van der Waals surface area contributed by atoms with Gasteiger partial charge in [-0.05, 0) is 44.2 Å². The van der Waals surface area contributed by atoms with Gasteiger partial charge in [-0.2, -0.15) is 0 Å². The summed E-state index contributed by atoms with van der Waals surface area (Å²) < 4.78 is 5.67. The number of Topliss-reactive ketones (excluding diaryl/α,β-unsaturated/α-hetero) is 1. The Morgan fingerprint density at radius 1 is 1.38 bits per heavy atom. The minimum atomic E-state index is -0.186. The molecule has 0 amide bonds. The first-order chi connectivity index (χ1) is 10.1. The second-order valence-corrected chi connectivity index (χ2v) is 4.83. The van der Waals surface area contributed by atoms with E-state index in [4.69, 9.17) is 4.74 Å². The number of allylic oxidation sites excluding steroid dienone is 1. The normalized spacial score (nSPS) is 10.1. The Kier molecular flexibility index (Phi) is 7.23. The van der Waals surface area contributed by atoms with Crippen molar-refractivity contribution in [3.05, 3.63) is 35.9 Å². The maximum atomic E-state index is 11.4. The summed E-state index contributed by atoms with van der Waals surface area (Å²) in [6.07, 6.45) is 7.13. The third-order valence-electron chi connectivity index (χ3n) is 3.10. The van der Waals surface area contributed by atoms with Gasteiger partial charge in [-0.1, -0.05) is 6.08 Å². The number of phenols is 1. The minimum absolute atomic E-state index is 0.0686. The average molecular weight is 289 g/mol. The minimum Gasteiger partial charge on any atom is -0.507 e. The Hall–Kier alpha value is -2.10. The SMILES string of the molecule is C=CCc1cc(C(C)=O)c(O)cc1OCCCCC[C]=O. The lowest BCUT2D eigenvalue weighted by atomic mass is 10.0. The molecule has 0 atom stereocenters. The van der Waals surface area contributed by atoms with Gasteiger partial charge < -0.3 is 9.84 Å². The third kappa shape index (κ3) is 5.42. The molecule has 1 N–H and O–H groups in total. The number of carbonyl (C=O) groups is 1. The summed E-state index contributed by atoms with van der Waals surface area (Å²) in [6, 6.07) is 3.13. The fraction of sp³-hybridized carbons (Fsp3) is 0.412. The number of ether oxygens (including phenoxy) is 1. The lowest BCUT2D eigenvalue weighted by Crippen LogP contribution is -2.03. The highest BCUT2D eigenvalue weighted by Gasteiger charge is 2.12. The highest BCUT2D eigenvalue weighted by Crippen LogP contribution is 2.29. The quantitative estimate of drug-likeness (QED) is 0.407. The Morgan fingerprint density at radius 2 is 2.14 bits per heavy atom. The van der Waals surface area contributed by atoms with Crippen molar-refractivity contribution >= 4 is 12.1 Å². The van der Waals surface area contributed by atoms with Crippen molar-refractivity contribution in [2.24, 2.45) is 0 Å². The molecule has 1 rings (SSSR count). The molecule has 0 spiro atoms. The van der Waals surface area contributed by atoms with E-state index in [9.17, 15) is 14.7 Å². The molecule has 1 radical (unpaired) electrons. The van der Waals surface area contributed by atoms with Crippen molar-refractivity contribution in [3.63, 3.8) is 0 Å². The Bertz CT molecular complexity index is 506. The zero-order valence-corrected chi connectivity index (χ0v) is 12.4. The summed E-state index contributed by atoms with van der Waals surface area (Å²) in [5, 5.41) is 9.86. The first-order valence-corrected chi connectivity index (χ1v) is 7.05. The molecule has 1 aromatic rings. The molecule has 4 nitrogen and oxygen atoms in total. The molecule has 4 heteroatoms. The van der Waals surface area contributed by atoms with Crippen LogP contribution in [-0.4, -0.2) is 23.8 Å². The maximum absolute atomic E-state index is 11.4. The van der Waals surface area contributed by atoms with E-state index in [1.165, 1.54) is 13.0 Å². The van der Waals surface area contributed by atoms with Gasteiger partial charge in [0.1, 0.15) is 11.5 Å². The van der Waals surface area contributed by atoms with E-state index in [1.54, 1.807) is 12.1 Å². The maximum Gasteiger partial charge on any atom is 0.198 e. The monoisotopic (exact) mass is 289 g/mol. The van der Waals surface area contributed by atoms with Crippen LogP contribution in [0.1, 0.15) is 48.5 Å². The third-order valence-corrected chi connectivity index (χ3v) is 3.10. The van der Waals surface area contributed by atoms with E-state index in [2.05, 4.69) is 6.58 Å². The number of hydrogen-bond donors (Lipinski definition) is 1. The van der Waals surface area contributed by atoms with Gasteiger partial charge in [-0.25, -0.2) is 0 Å². The van der Waals surface area contributed by atoms with Crippen LogP contribution >= 0.6 is 0 Å². The van der Waals surface area contributed by atoms with Gasteiger partial charge in [-0.3, -0.25) is 9.59 Å². The largest absolute Gasteiger partial charge is 0.507 e. The van der Waals surface area contributed by atoms with Crippen molar-refractivity contribution in [1.29, 1.82) is 0 Å². The summed E-state index contributed by atoms with van der Waals surface area (Å²) in [6.45, 7) is 5.60. The highest BCUT2D eigenvalue weighted by atomic mass is 16.5. The van der Waals surface area contributed by atoms with Crippen LogP contribution in [0, 0.1) is 0 Å².